The summed E-state index contributed by atoms with van der Waals surface area (Å²) in [4.78, 5) is 26.1. The molecule has 1 amide bonds. The number of thiophene rings is 1. The molecule has 27 heavy (non-hydrogen) atoms. The van der Waals surface area contributed by atoms with Crippen LogP contribution in [0.5, 0.6) is 5.75 Å². The Morgan fingerprint density at radius 2 is 1.85 bits per heavy atom. The zero-order valence-corrected chi connectivity index (χ0v) is 16.9. The van der Waals surface area contributed by atoms with Gasteiger partial charge >= 0.3 is 0 Å². The van der Waals surface area contributed by atoms with Crippen molar-refractivity contribution in [3.05, 3.63) is 36.0 Å². The lowest BCUT2D eigenvalue weighted by Gasteiger charge is -2.24. The minimum atomic E-state index is 0.0930. The van der Waals surface area contributed by atoms with Gasteiger partial charge in [0.05, 0.1) is 19.0 Å². The van der Waals surface area contributed by atoms with Gasteiger partial charge in [0.1, 0.15) is 22.7 Å². The van der Waals surface area contributed by atoms with Gasteiger partial charge in [0, 0.05) is 31.1 Å². The zero-order valence-electron chi connectivity index (χ0n) is 16.1. The van der Waals surface area contributed by atoms with Crippen LogP contribution < -0.4 is 9.64 Å². The Hall–Kier alpha value is -2.67. The molecular weight excluding hydrogens is 360 g/mol. The molecule has 3 aromatic rings. The molecule has 6 nitrogen and oxygen atoms in total. The number of fused-ring (bicyclic) bond motifs is 1. The van der Waals surface area contributed by atoms with E-state index in [1.54, 1.807) is 24.8 Å². The summed E-state index contributed by atoms with van der Waals surface area (Å²) in [5.41, 5.74) is 2.14. The molecule has 0 N–H and O–H groups in total. The van der Waals surface area contributed by atoms with Crippen LogP contribution in [-0.2, 0) is 4.79 Å². The van der Waals surface area contributed by atoms with Crippen molar-refractivity contribution in [3.8, 4) is 16.9 Å². The van der Waals surface area contributed by atoms with E-state index in [1.165, 1.54) is 0 Å². The summed E-state index contributed by atoms with van der Waals surface area (Å²) in [7, 11) is 3.56. The maximum absolute atomic E-state index is 12.5. The second-order valence-electron chi connectivity index (χ2n) is 6.18. The van der Waals surface area contributed by atoms with Crippen LogP contribution in [0, 0.1) is 0 Å². The lowest BCUT2D eigenvalue weighted by molar-refractivity contribution is -0.129. The third-order valence-corrected chi connectivity index (χ3v) is 5.49. The number of anilines is 1. The summed E-state index contributed by atoms with van der Waals surface area (Å²) in [6, 6.07) is 7.93. The number of ether oxygens (including phenoxy) is 1. The van der Waals surface area contributed by atoms with Crippen molar-refractivity contribution in [2.75, 3.05) is 38.7 Å². The van der Waals surface area contributed by atoms with E-state index < -0.39 is 0 Å². The van der Waals surface area contributed by atoms with Crippen molar-refractivity contribution in [1.82, 2.24) is 14.9 Å². The van der Waals surface area contributed by atoms with E-state index in [2.05, 4.69) is 15.3 Å². The minimum absolute atomic E-state index is 0.0930. The average molecular weight is 385 g/mol. The molecule has 0 fully saturated rings. The molecule has 0 atom stereocenters. The van der Waals surface area contributed by atoms with Crippen LogP contribution in [0.15, 0.2) is 36.0 Å². The molecule has 3 rings (SSSR count). The molecule has 0 spiro atoms. The number of likely N-dealkylation sites (N-methyl/N-ethyl adjacent to an activating group) is 2. The van der Waals surface area contributed by atoms with E-state index in [0.717, 1.165) is 32.9 Å². The topological polar surface area (TPSA) is 58.6 Å². The Morgan fingerprint density at radius 3 is 2.48 bits per heavy atom. The molecule has 0 radical (unpaired) electrons. The first-order valence-electron chi connectivity index (χ1n) is 8.94. The quantitative estimate of drug-likeness (QED) is 0.622. The molecule has 0 saturated carbocycles. The first-order valence-corrected chi connectivity index (χ1v) is 9.82. The fourth-order valence-corrected chi connectivity index (χ4v) is 4.00. The molecule has 0 unspecified atom stereocenters. The fourth-order valence-electron chi connectivity index (χ4n) is 3.09. The van der Waals surface area contributed by atoms with Crippen LogP contribution in [0.25, 0.3) is 21.3 Å². The van der Waals surface area contributed by atoms with Crippen molar-refractivity contribution in [3.63, 3.8) is 0 Å². The van der Waals surface area contributed by atoms with Crippen molar-refractivity contribution in [1.29, 1.82) is 0 Å². The maximum Gasteiger partial charge on any atom is 0.242 e. The van der Waals surface area contributed by atoms with Gasteiger partial charge in [0.25, 0.3) is 0 Å². The number of hydrogen-bond donors (Lipinski definition) is 0. The summed E-state index contributed by atoms with van der Waals surface area (Å²) >= 11 is 1.58. The van der Waals surface area contributed by atoms with Gasteiger partial charge in [-0.1, -0.05) is 12.1 Å². The van der Waals surface area contributed by atoms with E-state index in [0.29, 0.717) is 13.1 Å². The summed E-state index contributed by atoms with van der Waals surface area (Å²) in [6.07, 6.45) is 1.56. The van der Waals surface area contributed by atoms with Crippen molar-refractivity contribution in [2.24, 2.45) is 0 Å². The van der Waals surface area contributed by atoms with Gasteiger partial charge in [0.2, 0.25) is 5.91 Å². The maximum atomic E-state index is 12.5. The lowest BCUT2D eigenvalue weighted by Crippen LogP contribution is -2.39. The Kier molecular flexibility index (Phi) is 5.91. The first kappa shape index (κ1) is 19.1. The van der Waals surface area contributed by atoms with E-state index >= 15 is 0 Å². The number of rotatable bonds is 7. The molecule has 142 valence electrons. The Morgan fingerprint density at radius 1 is 1.15 bits per heavy atom. The monoisotopic (exact) mass is 384 g/mol. The fraction of sp³-hybridized carbons (Fsp3) is 0.350. The second-order valence-corrected chi connectivity index (χ2v) is 7.04. The van der Waals surface area contributed by atoms with Crippen LogP contribution >= 0.6 is 11.3 Å². The lowest BCUT2D eigenvalue weighted by atomic mass is 10.1. The third kappa shape index (κ3) is 3.88. The van der Waals surface area contributed by atoms with Crippen molar-refractivity contribution in [2.45, 2.75) is 13.8 Å². The van der Waals surface area contributed by atoms with Crippen LogP contribution in [0.1, 0.15) is 13.8 Å². The van der Waals surface area contributed by atoms with Gasteiger partial charge in [-0.15, -0.1) is 11.3 Å². The van der Waals surface area contributed by atoms with Gasteiger partial charge in [-0.05, 0) is 31.5 Å². The highest BCUT2D eigenvalue weighted by Gasteiger charge is 2.19. The first-order chi connectivity index (χ1) is 13.1. The normalized spacial score (nSPS) is 10.8. The predicted molar refractivity (Wildman–Crippen MR) is 111 cm³/mol. The van der Waals surface area contributed by atoms with Crippen LogP contribution in [0.2, 0.25) is 0 Å². The molecule has 0 aliphatic heterocycles. The standard InChI is InChI=1S/C20H24N4O2S/c1-5-24(6-2)17(25)11-23(3)19-18-16(12-27-20(18)22-13-21-19)14-7-9-15(26-4)10-8-14/h7-10,12-13H,5-6,11H2,1-4H3. The smallest absolute Gasteiger partial charge is 0.242 e. The molecular formula is C20H24N4O2S. The number of aromatic nitrogens is 2. The van der Waals surface area contributed by atoms with E-state index in [1.807, 2.05) is 55.0 Å². The SMILES string of the molecule is CCN(CC)C(=O)CN(C)c1ncnc2scc(-c3ccc(OC)cc3)c12. The average Bonchev–Trinajstić information content (AvgIpc) is 3.13. The van der Waals surface area contributed by atoms with Gasteiger partial charge in [0.15, 0.2) is 0 Å². The van der Waals surface area contributed by atoms with Crippen LogP contribution in [0.4, 0.5) is 5.82 Å². The third-order valence-electron chi connectivity index (χ3n) is 4.60. The largest absolute Gasteiger partial charge is 0.497 e. The Bertz CT molecular complexity index is 919. The highest BCUT2D eigenvalue weighted by Crippen LogP contribution is 2.38. The molecule has 7 heteroatoms. The number of amides is 1. The van der Waals surface area contributed by atoms with Gasteiger partial charge in [-0.2, -0.15) is 0 Å². The van der Waals surface area contributed by atoms with E-state index in [-0.39, 0.29) is 12.5 Å². The van der Waals surface area contributed by atoms with Crippen LogP contribution in [-0.4, -0.2) is 54.6 Å². The number of carbonyl (C=O) groups is 1. The van der Waals surface area contributed by atoms with Crippen molar-refractivity contribution >= 4 is 33.3 Å². The number of benzene rings is 1. The molecule has 2 aromatic heterocycles. The van der Waals surface area contributed by atoms with E-state index in [9.17, 15) is 4.79 Å². The van der Waals surface area contributed by atoms with Crippen LogP contribution in [0.3, 0.4) is 0 Å². The van der Waals surface area contributed by atoms with E-state index in [4.69, 9.17) is 4.74 Å². The summed E-state index contributed by atoms with van der Waals surface area (Å²) in [5, 5.41) is 3.06. The number of nitrogens with zero attached hydrogens (tertiary/aromatic N) is 4. The number of hydrogen-bond acceptors (Lipinski definition) is 6. The Balaban J connectivity index is 1.98. The summed E-state index contributed by atoms with van der Waals surface area (Å²) in [6.45, 7) is 5.68. The molecule has 0 saturated heterocycles. The predicted octanol–water partition coefficient (Wildman–Crippen LogP) is 3.67. The minimum Gasteiger partial charge on any atom is -0.497 e. The molecule has 0 aliphatic rings. The number of carbonyl (C=O) groups excluding carboxylic acids is 1. The molecule has 0 aliphatic carbocycles. The summed E-state index contributed by atoms with van der Waals surface area (Å²) < 4.78 is 5.25. The van der Waals surface area contributed by atoms with Crippen molar-refractivity contribution < 1.29 is 9.53 Å². The van der Waals surface area contributed by atoms with Gasteiger partial charge < -0.3 is 14.5 Å². The second kappa shape index (κ2) is 8.35. The zero-order chi connectivity index (χ0) is 19.4. The van der Waals surface area contributed by atoms with Gasteiger partial charge in [-0.25, -0.2) is 9.97 Å². The highest BCUT2D eigenvalue weighted by atomic mass is 32.1. The Labute approximate surface area is 163 Å². The molecule has 0 bridgehead atoms. The molecule has 2 heterocycles. The summed E-state index contributed by atoms with van der Waals surface area (Å²) in [5.74, 6) is 1.68. The number of methoxy groups -OCH3 is 1. The molecule has 1 aromatic carbocycles. The van der Waals surface area contributed by atoms with Gasteiger partial charge in [-0.3, -0.25) is 4.79 Å². The highest BCUT2D eigenvalue weighted by molar-refractivity contribution is 7.17.